The molecule has 0 amide bonds. The van der Waals surface area contributed by atoms with E-state index in [1.54, 1.807) is 6.20 Å². The summed E-state index contributed by atoms with van der Waals surface area (Å²) in [5.74, 6) is 1.27. The van der Waals surface area contributed by atoms with Crippen molar-refractivity contribution in [3.63, 3.8) is 0 Å². The summed E-state index contributed by atoms with van der Waals surface area (Å²) in [4.78, 5) is 7.54. The number of hydrogen-bond acceptors (Lipinski definition) is 3. The van der Waals surface area contributed by atoms with Crippen molar-refractivity contribution < 1.29 is 4.42 Å². The van der Waals surface area contributed by atoms with Crippen LogP contribution < -0.4 is 5.73 Å². The van der Waals surface area contributed by atoms with Gasteiger partial charge < -0.3 is 15.1 Å². The third kappa shape index (κ3) is 1.80. The lowest BCUT2D eigenvalue weighted by Crippen LogP contribution is -2.02. The van der Waals surface area contributed by atoms with Gasteiger partial charge in [0.1, 0.15) is 11.5 Å². The Hall–Kier alpha value is -2.07. The van der Waals surface area contributed by atoms with Crippen molar-refractivity contribution in [2.45, 2.75) is 19.9 Å². The fourth-order valence-electron chi connectivity index (χ4n) is 1.99. The second-order valence-corrected chi connectivity index (χ2v) is 4.63. The Morgan fingerprint density at radius 1 is 1.33 bits per heavy atom. The van der Waals surface area contributed by atoms with Gasteiger partial charge in [-0.2, -0.15) is 0 Å². The first-order valence-corrected chi connectivity index (χ1v) is 5.94. The number of nitrogens with zero attached hydrogens (tertiary/aromatic N) is 1. The minimum atomic E-state index is -0.141. The number of benzene rings is 1. The van der Waals surface area contributed by atoms with Gasteiger partial charge in [-0.25, -0.2) is 4.98 Å². The quantitative estimate of drug-likeness (QED) is 0.724. The first-order chi connectivity index (χ1) is 8.63. The lowest BCUT2D eigenvalue weighted by molar-refractivity contribution is 0.487. The van der Waals surface area contributed by atoms with Crippen LogP contribution in [0.4, 0.5) is 0 Å². The second-order valence-electron chi connectivity index (χ2n) is 4.63. The highest BCUT2D eigenvalue weighted by molar-refractivity contribution is 5.85. The van der Waals surface area contributed by atoms with Crippen LogP contribution in [0.5, 0.6) is 0 Å². The summed E-state index contributed by atoms with van der Waals surface area (Å²) in [6.45, 7) is 3.95. The van der Waals surface area contributed by atoms with Gasteiger partial charge in [0.15, 0.2) is 0 Å². The number of nitrogens with one attached hydrogen (secondary N) is 1. The summed E-state index contributed by atoms with van der Waals surface area (Å²) < 4.78 is 5.62. The average molecular weight is 241 g/mol. The molecule has 0 saturated heterocycles. The van der Waals surface area contributed by atoms with Crippen molar-refractivity contribution in [1.29, 1.82) is 0 Å². The van der Waals surface area contributed by atoms with Crippen LogP contribution in [-0.4, -0.2) is 9.97 Å². The molecule has 0 radical (unpaired) electrons. The maximum Gasteiger partial charge on any atom is 0.243 e. The predicted octanol–water partition coefficient (Wildman–Crippen LogP) is 3.15. The SMILES string of the molecule is Cc1ccc2[nH]c(-c3ncc(C(C)N)o3)cc2c1. The molecular weight excluding hydrogens is 226 g/mol. The van der Waals surface area contributed by atoms with E-state index in [9.17, 15) is 0 Å². The van der Waals surface area contributed by atoms with Crippen molar-refractivity contribution >= 4 is 10.9 Å². The largest absolute Gasteiger partial charge is 0.438 e. The predicted molar refractivity (Wildman–Crippen MR) is 71.1 cm³/mol. The van der Waals surface area contributed by atoms with E-state index in [1.165, 1.54) is 5.56 Å². The Balaban J connectivity index is 2.07. The summed E-state index contributed by atoms with van der Waals surface area (Å²) in [6, 6.07) is 8.16. The van der Waals surface area contributed by atoms with E-state index in [0.717, 1.165) is 16.6 Å². The molecule has 4 heteroatoms. The lowest BCUT2D eigenvalue weighted by atomic mass is 10.2. The lowest BCUT2D eigenvalue weighted by Gasteiger charge is -1.96. The van der Waals surface area contributed by atoms with E-state index < -0.39 is 0 Å². The summed E-state index contributed by atoms with van der Waals surface area (Å²) >= 11 is 0. The Bertz CT molecular complexity index is 694. The molecule has 0 aliphatic rings. The molecule has 0 fully saturated rings. The number of fused-ring (bicyclic) bond motifs is 1. The van der Waals surface area contributed by atoms with Gasteiger partial charge in [0.25, 0.3) is 0 Å². The Kier molecular flexibility index (Phi) is 2.45. The van der Waals surface area contributed by atoms with Gasteiger partial charge in [0.05, 0.1) is 12.2 Å². The van der Waals surface area contributed by atoms with Crippen molar-refractivity contribution in [2.24, 2.45) is 5.73 Å². The third-order valence-electron chi connectivity index (χ3n) is 2.98. The van der Waals surface area contributed by atoms with Gasteiger partial charge in [-0.1, -0.05) is 11.6 Å². The maximum atomic E-state index is 5.76. The molecule has 3 aromatic rings. The number of oxazole rings is 1. The van der Waals surface area contributed by atoms with E-state index in [1.807, 2.05) is 13.0 Å². The van der Waals surface area contributed by atoms with Crippen molar-refractivity contribution in [3.8, 4) is 11.6 Å². The number of aromatic nitrogens is 2. The highest BCUT2D eigenvalue weighted by Gasteiger charge is 2.11. The number of hydrogen-bond donors (Lipinski definition) is 2. The molecule has 1 unspecified atom stereocenters. The molecular formula is C14H15N3O. The normalized spacial score (nSPS) is 13.1. The molecule has 0 bridgehead atoms. The van der Waals surface area contributed by atoms with Crippen LogP contribution in [0.1, 0.15) is 24.3 Å². The summed E-state index contributed by atoms with van der Waals surface area (Å²) in [6.07, 6.45) is 1.68. The van der Waals surface area contributed by atoms with Crippen molar-refractivity contribution in [3.05, 3.63) is 41.8 Å². The standard InChI is InChI=1S/C14H15N3O/c1-8-3-4-11-10(5-8)6-12(17-11)14-16-7-13(18-14)9(2)15/h3-7,9,17H,15H2,1-2H3. The smallest absolute Gasteiger partial charge is 0.243 e. The summed E-state index contributed by atoms with van der Waals surface area (Å²) in [5.41, 5.74) is 8.95. The monoisotopic (exact) mass is 241 g/mol. The molecule has 2 aromatic heterocycles. The van der Waals surface area contributed by atoms with Crippen LogP contribution in [0.3, 0.4) is 0 Å². The third-order valence-corrected chi connectivity index (χ3v) is 2.98. The van der Waals surface area contributed by atoms with Gasteiger partial charge in [-0.05, 0) is 32.0 Å². The molecule has 3 N–H and O–H groups in total. The second kappa shape index (κ2) is 3.99. The zero-order chi connectivity index (χ0) is 12.7. The van der Waals surface area contributed by atoms with Gasteiger partial charge in [-0.3, -0.25) is 0 Å². The number of H-pyrrole nitrogens is 1. The molecule has 1 atom stereocenters. The molecule has 0 spiro atoms. The van der Waals surface area contributed by atoms with Gasteiger partial charge in [-0.15, -0.1) is 0 Å². The Morgan fingerprint density at radius 2 is 2.17 bits per heavy atom. The molecule has 18 heavy (non-hydrogen) atoms. The molecule has 2 heterocycles. The molecule has 1 aromatic carbocycles. The van der Waals surface area contributed by atoms with Gasteiger partial charge in [0, 0.05) is 10.9 Å². The fraction of sp³-hybridized carbons (Fsp3) is 0.214. The van der Waals surface area contributed by atoms with Crippen LogP contribution in [0.15, 0.2) is 34.9 Å². The highest BCUT2D eigenvalue weighted by atomic mass is 16.4. The summed E-state index contributed by atoms with van der Waals surface area (Å²) in [7, 11) is 0. The zero-order valence-electron chi connectivity index (χ0n) is 10.4. The molecule has 0 saturated carbocycles. The average Bonchev–Trinajstić information content (AvgIpc) is 2.93. The Labute approximate surface area is 105 Å². The minimum Gasteiger partial charge on any atom is -0.438 e. The van der Waals surface area contributed by atoms with Crippen molar-refractivity contribution in [1.82, 2.24) is 9.97 Å². The van der Waals surface area contributed by atoms with Crippen molar-refractivity contribution in [2.75, 3.05) is 0 Å². The van der Waals surface area contributed by atoms with Crippen LogP contribution in [-0.2, 0) is 0 Å². The van der Waals surface area contributed by atoms with Crippen LogP contribution >= 0.6 is 0 Å². The molecule has 0 aliphatic heterocycles. The van der Waals surface area contributed by atoms with Crippen LogP contribution in [0, 0.1) is 6.92 Å². The molecule has 0 aliphatic carbocycles. The minimum absolute atomic E-state index is 0.141. The molecule has 92 valence electrons. The van der Waals surface area contributed by atoms with Crippen LogP contribution in [0.25, 0.3) is 22.5 Å². The van der Waals surface area contributed by atoms with Crippen LogP contribution in [0.2, 0.25) is 0 Å². The first kappa shape index (κ1) is 11.0. The van der Waals surface area contributed by atoms with E-state index in [0.29, 0.717) is 11.7 Å². The maximum absolute atomic E-state index is 5.76. The Morgan fingerprint density at radius 3 is 2.89 bits per heavy atom. The molecule has 3 rings (SSSR count). The van der Waals surface area contributed by atoms with E-state index in [-0.39, 0.29) is 6.04 Å². The van der Waals surface area contributed by atoms with E-state index >= 15 is 0 Å². The van der Waals surface area contributed by atoms with E-state index in [4.69, 9.17) is 10.2 Å². The first-order valence-electron chi connectivity index (χ1n) is 5.94. The topological polar surface area (TPSA) is 67.8 Å². The molecule has 4 nitrogen and oxygen atoms in total. The summed E-state index contributed by atoms with van der Waals surface area (Å²) in [5, 5.41) is 1.16. The fourth-order valence-corrected chi connectivity index (χ4v) is 1.99. The van der Waals surface area contributed by atoms with Gasteiger partial charge in [0.2, 0.25) is 5.89 Å². The van der Waals surface area contributed by atoms with E-state index in [2.05, 4.69) is 35.1 Å². The number of aromatic amines is 1. The highest BCUT2D eigenvalue weighted by Crippen LogP contribution is 2.25. The number of rotatable bonds is 2. The van der Waals surface area contributed by atoms with Gasteiger partial charge >= 0.3 is 0 Å². The zero-order valence-corrected chi connectivity index (χ0v) is 10.4. The number of nitrogens with two attached hydrogens (primary N) is 1. The number of aryl methyl sites for hydroxylation is 1.